The molecule has 1 atom stereocenters. The van der Waals surface area contributed by atoms with Crippen molar-refractivity contribution in [3.63, 3.8) is 0 Å². The lowest BCUT2D eigenvalue weighted by Gasteiger charge is -2.21. The lowest BCUT2D eigenvalue weighted by atomic mass is 10.2. The zero-order chi connectivity index (χ0) is 13.0. The molecule has 0 unspecified atom stereocenters. The van der Waals surface area contributed by atoms with Gasteiger partial charge in [-0.2, -0.15) is 0 Å². The second-order valence-electron chi connectivity index (χ2n) is 4.49. The van der Waals surface area contributed by atoms with E-state index in [-0.39, 0.29) is 11.9 Å². The number of carbonyl (C=O) groups is 1. The fraction of sp³-hybridized carbons (Fsp3) is 0.538. The zero-order valence-electron chi connectivity index (χ0n) is 10.8. The summed E-state index contributed by atoms with van der Waals surface area (Å²) in [5.74, 6) is 0.724. The minimum Gasteiger partial charge on any atom is -0.481 e. The number of methoxy groups -OCH3 is 1. The molecule has 0 aromatic carbocycles. The summed E-state index contributed by atoms with van der Waals surface area (Å²) in [6.07, 6.45) is 3.90. The SMILES string of the molecule is COc1ccc(N[C@@H](C)C(=O)N2CCCC2)cn1. The number of hydrogen-bond acceptors (Lipinski definition) is 4. The molecule has 5 nitrogen and oxygen atoms in total. The molecule has 1 aromatic heterocycles. The molecule has 1 fully saturated rings. The second-order valence-corrected chi connectivity index (χ2v) is 4.49. The van der Waals surface area contributed by atoms with Crippen LogP contribution in [0.25, 0.3) is 0 Å². The third-order valence-electron chi connectivity index (χ3n) is 3.12. The van der Waals surface area contributed by atoms with Crippen LogP contribution in [-0.4, -0.2) is 42.0 Å². The quantitative estimate of drug-likeness (QED) is 0.879. The van der Waals surface area contributed by atoms with Gasteiger partial charge in [-0.3, -0.25) is 4.79 Å². The highest BCUT2D eigenvalue weighted by Gasteiger charge is 2.22. The Bertz CT molecular complexity index is 399. The van der Waals surface area contributed by atoms with Crippen LogP contribution in [0.4, 0.5) is 5.69 Å². The van der Waals surface area contributed by atoms with Crippen LogP contribution in [0.15, 0.2) is 18.3 Å². The number of amides is 1. The molecule has 0 saturated carbocycles. The van der Waals surface area contributed by atoms with Gasteiger partial charge in [0.1, 0.15) is 6.04 Å². The molecule has 1 aliphatic heterocycles. The first-order valence-electron chi connectivity index (χ1n) is 6.26. The summed E-state index contributed by atoms with van der Waals surface area (Å²) in [5, 5.41) is 3.16. The number of likely N-dealkylation sites (tertiary alicyclic amines) is 1. The van der Waals surface area contributed by atoms with Gasteiger partial charge in [-0.1, -0.05) is 0 Å². The minimum absolute atomic E-state index is 0.156. The molecule has 1 saturated heterocycles. The maximum atomic E-state index is 12.1. The van der Waals surface area contributed by atoms with Crippen LogP contribution in [0, 0.1) is 0 Å². The van der Waals surface area contributed by atoms with E-state index < -0.39 is 0 Å². The highest BCUT2D eigenvalue weighted by atomic mass is 16.5. The Balaban J connectivity index is 1.92. The maximum Gasteiger partial charge on any atom is 0.244 e. The summed E-state index contributed by atoms with van der Waals surface area (Å²) < 4.78 is 4.99. The van der Waals surface area contributed by atoms with Crippen molar-refractivity contribution in [2.45, 2.75) is 25.8 Å². The first-order valence-corrected chi connectivity index (χ1v) is 6.26. The monoisotopic (exact) mass is 249 g/mol. The van der Waals surface area contributed by atoms with Gasteiger partial charge in [0.05, 0.1) is 19.0 Å². The van der Waals surface area contributed by atoms with Crippen LogP contribution in [0.1, 0.15) is 19.8 Å². The number of aromatic nitrogens is 1. The number of anilines is 1. The Kier molecular flexibility index (Phi) is 4.02. The van der Waals surface area contributed by atoms with E-state index in [0.717, 1.165) is 31.6 Å². The Morgan fingerprint density at radius 3 is 2.72 bits per heavy atom. The number of carbonyl (C=O) groups excluding carboxylic acids is 1. The van der Waals surface area contributed by atoms with Gasteiger partial charge in [0, 0.05) is 19.2 Å². The molecule has 0 aliphatic carbocycles. The lowest BCUT2D eigenvalue weighted by Crippen LogP contribution is -2.39. The Labute approximate surface area is 107 Å². The molecule has 1 amide bonds. The second kappa shape index (κ2) is 5.71. The molecule has 98 valence electrons. The van der Waals surface area contributed by atoms with Crippen LogP contribution in [-0.2, 0) is 4.79 Å². The van der Waals surface area contributed by atoms with Crippen LogP contribution in [0.5, 0.6) is 5.88 Å². The summed E-state index contributed by atoms with van der Waals surface area (Å²) in [6.45, 7) is 3.64. The van der Waals surface area contributed by atoms with E-state index in [0.29, 0.717) is 5.88 Å². The molecule has 1 N–H and O–H groups in total. The van der Waals surface area contributed by atoms with Gasteiger partial charge < -0.3 is 15.0 Å². The average molecular weight is 249 g/mol. The summed E-state index contributed by atoms with van der Waals surface area (Å²) in [7, 11) is 1.58. The summed E-state index contributed by atoms with van der Waals surface area (Å²) in [6, 6.07) is 3.41. The van der Waals surface area contributed by atoms with E-state index in [1.54, 1.807) is 19.4 Å². The Hall–Kier alpha value is -1.78. The number of hydrogen-bond donors (Lipinski definition) is 1. The summed E-state index contributed by atoms with van der Waals surface area (Å²) in [4.78, 5) is 18.1. The van der Waals surface area contributed by atoms with Crippen LogP contribution >= 0.6 is 0 Å². The van der Waals surface area contributed by atoms with Crippen LogP contribution in [0.2, 0.25) is 0 Å². The van der Waals surface area contributed by atoms with E-state index in [1.165, 1.54) is 0 Å². The third-order valence-corrected chi connectivity index (χ3v) is 3.12. The number of nitrogens with one attached hydrogen (secondary N) is 1. The van der Waals surface area contributed by atoms with Crippen molar-refractivity contribution in [1.29, 1.82) is 0 Å². The first kappa shape index (κ1) is 12.7. The van der Waals surface area contributed by atoms with Crippen LogP contribution < -0.4 is 10.1 Å². The molecule has 1 aromatic rings. The third kappa shape index (κ3) is 2.91. The molecule has 1 aliphatic rings. The molecular weight excluding hydrogens is 230 g/mol. The van der Waals surface area contributed by atoms with Crippen molar-refractivity contribution in [3.8, 4) is 5.88 Å². The summed E-state index contributed by atoms with van der Waals surface area (Å²) in [5.41, 5.74) is 0.829. The molecule has 5 heteroatoms. The van der Waals surface area contributed by atoms with Gasteiger partial charge in [0.2, 0.25) is 11.8 Å². The maximum absolute atomic E-state index is 12.1. The number of pyridine rings is 1. The van der Waals surface area contributed by atoms with E-state index in [4.69, 9.17) is 4.74 Å². The van der Waals surface area contributed by atoms with Crippen molar-refractivity contribution in [1.82, 2.24) is 9.88 Å². The van der Waals surface area contributed by atoms with Crippen molar-refractivity contribution in [2.24, 2.45) is 0 Å². The van der Waals surface area contributed by atoms with Gasteiger partial charge in [-0.05, 0) is 25.8 Å². The predicted molar refractivity (Wildman–Crippen MR) is 69.7 cm³/mol. The van der Waals surface area contributed by atoms with Gasteiger partial charge in [-0.25, -0.2) is 4.98 Å². The topological polar surface area (TPSA) is 54.5 Å². The highest BCUT2D eigenvalue weighted by molar-refractivity contribution is 5.84. The van der Waals surface area contributed by atoms with E-state index >= 15 is 0 Å². The lowest BCUT2D eigenvalue weighted by molar-refractivity contribution is -0.130. The Morgan fingerprint density at radius 2 is 2.17 bits per heavy atom. The molecule has 2 rings (SSSR count). The fourth-order valence-corrected chi connectivity index (χ4v) is 2.11. The van der Waals surface area contributed by atoms with Crippen LogP contribution in [0.3, 0.4) is 0 Å². The van der Waals surface area contributed by atoms with Crippen molar-refractivity contribution >= 4 is 11.6 Å². The molecule has 18 heavy (non-hydrogen) atoms. The van der Waals surface area contributed by atoms with Crippen molar-refractivity contribution in [2.75, 3.05) is 25.5 Å². The number of ether oxygens (including phenoxy) is 1. The zero-order valence-corrected chi connectivity index (χ0v) is 10.8. The Morgan fingerprint density at radius 1 is 1.44 bits per heavy atom. The van der Waals surface area contributed by atoms with Gasteiger partial charge in [0.15, 0.2) is 0 Å². The van der Waals surface area contributed by atoms with Crippen molar-refractivity contribution in [3.05, 3.63) is 18.3 Å². The van der Waals surface area contributed by atoms with E-state index in [1.807, 2.05) is 17.9 Å². The highest BCUT2D eigenvalue weighted by Crippen LogP contribution is 2.14. The molecule has 0 bridgehead atoms. The smallest absolute Gasteiger partial charge is 0.244 e. The number of rotatable bonds is 4. The molecule has 0 spiro atoms. The standard InChI is InChI=1S/C13H19N3O2/c1-10(13(17)16-7-3-4-8-16)15-11-5-6-12(18-2)14-9-11/h5-6,9-10,15H,3-4,7-8H2,1-2H3/t10-/m0/s1. The van der Waals surface area contributed by atoms with Gasteiger partial charge in [-0.15, -0.1) is 0 Å². The average Bonchev–Trinajstić information content (AvgIpc) is 2.92. The summed E-state index contributed by atoms with van der Waals surface area (Å²) >= 11 is 0. The van der Waals surface area contributed by atoms with Gasteiger partial charge in [0.25, 0.3) is 0 Å². The van der Waals surface area contributed by atoms with Crippen molar-refractivity contribution < 1.29 is 9.53 Å². The molecule has 0 radical (unpaired) electrons. The van der Waals surface area contributed by atoms with E-state index in [9.17, 15) is 4.79 Å². The normalized spacial score (nSPS) is 16.4. The predicted octanol–water partition coefficient (Wildman–Crippen LogP) is 1.51. The minimum atomic E-state index is -0.224. The first-order chi connectivity index (χ1) is 8.70. The van der Waals surface area contributed by atoms with E-state index in [2.05, 4.69) is 10.3 Å². The largest absolute Gasteiger partial charge is 0.481 e. The molecular formula is C13H19N3O2. The van der Waals surface area contributed by atoms with Gasteiger partial charge >= 0.3 is 0 Å². The fourth-order valence-electron chi connectivity index (χ4n) is 2.11. The number of nitrogens with zero attached hydrogens (tertiary/aromatic N) is 2. The molecule has 2 heterocycles.